The zero-order valence-electron chi connectivity index (χ0n) is 15.9. The van der Waals surface area contributed by atoms with Gasteiger partial charge in [-0.25, -0.2) is 4.98 Å². The first-order valence-corrected chi connectivity index (χ1v) is 9.55. The van der Waals surface area contributed by atoms with Gasteiger partial charge >= 0.3 is 0 Å². The number of carbonyl (C=O) groups is 1. The maximum Gasteiger partial charge on any atom is 0.270 e. The first kappa shape index (κ1) is 17.8. The molecule has 0 fully saturated rings. The van der Waals surface area contributed by atoms with Crippen LogP contribution in [-0.4, -0.2) is 31.1 Å². The number of aromatic amines is 2. The van der Waals surface area contributed by atoms with E-state index in [2.05, 4.69) is 30.5 Å². The van der Waals surface area contributed by atoms with Crippen LogP contribution in [0.2, 0.25) is 0 Å². The number of imidazole rings is 1. The molecule has 2 aromatic carbocycles. The van der Waals surface area contributed by atoms with E-state index < -0.39 is 6.04 Å². The third kappa shape index (κ3) is 3.44. The van der Waals surface area contributed by atoms with Gasteiger partial charge in [-0.05, 0) is 35.9 Å². The van der Waals surface area contributed by atoms with E-state index in [1.807, 2.05) is 72.8 Å². The second-order valence-electron chi connectivity index (χ2n) is 6.84. The second kappa shape index (κ2) is 7.63. The SMILES string of the molecule is O=C(N[C@@H](c1ccccc1)c1nc2ccccc2[nH]1)c1cc(-c2ccccn2)n[nH]1. The Labute approximate surface area is 172 Å². The molecule has 146 valence electrons. The maximum atomic E-state index is 13.0. The van der Waals surface area contributed by atoms with E-state index in [0.29, 0.717) is 22.9 Å². The van der Waals surface area contributed by atoms with Crippen molar-refractivity contribution in [2.75, 3.05) is 0 Å². The average molecular weight is 394 g/mol. The third-order valence-corrected chi connectivity index (χ3v) is 4.84. The molecule has 5 rings (SSSR count). The van der Waals surface area contributed by atoms with Crippen LogP contribution in [0.3, 0.4) is 0 Å². The lowest BCUT2D eigenvalue weighted by molar-refractivity contribution is 0.0936. The van der Waals surface area contributed by atoms with Gasteiger partial charge in [0.25, 0.3) is 5.91 Å². The number of fused-ring (bicyclic) bond motifs is 1. The van der Waals surface area contributed by atoms with E-state index in [1.54, 1.807) is 12.3 Å². The Bertz CT molecular complexity index is 1260. The van der Waals surface area contributed by atoms with Gasteiger partial charge in [0.1, 0.15) is 23.3 Å². The van der Waals surface area contributed by atoms with Gasteiger partial charge in [0, 0.05) is 6.20 Å². The van der Waals surface area contributed by atoms with Crippen LogP contribution in [0.1, 0.15) is 27.9 Å². The van der Waals surface area contributed by atoms with Crippen molar-refractivity contribution in [1.82, 2.24) is 30.5 Å². The van der Waals surface area contributed by atoms with Gasteiger partial charge in [-0.3, -0.25) is 14.9 Å². The molecule has 3 aromatic heterocycles. The Morgan fingerprint density at radius 3 is 2.50 bits per heavy atom. The molecule has 0 aliphatic carbocycles. The summed E-state index contributed by atoms with van der Waals surface area (Å²) >= 11 is 0. The number of rotatable bonds is 5. The Kier molecular flexibility index (Phi) is 4.53. The summed E-state index contributed by atoms with van der Waals surface area (Å²) < 4.78 is 0. The Balaban J connectivity index is 1.47. The summed E-state index contributed by atoms with van der Waals surface area (Å²) in [6.07, 6.45) is 1.69. The molecule has 0 aliphatic heterocycles. The molecule has 0 saturated carbocycles. The zero-order chi connectivity index (χ0) is 20.3. The molecular weight excluding hydrogens is 376 g/mol. The van der Waals surface area contributed by atoms with Crippen LogP contribution in [0.4, 0.5) is 0 Å². The fourth-order valence-electron chi connectivity index (χ4n) is 3.36. The number of nitrogens with zero attached hydrogens (tertiary/aromatic N) is 3. The monoisotopic (exact) mass is 394 g/mol. The summed E-state index contributed by atoms with van der Waals surface area (Å²) in [6.45, 7) is 0. The molecule has 0 unspecified atom stereocenters. The molecule has 30 heavy (non-hydrogen) atoms. The Hall–Kier alpha value is -4.26. The molecule has 0 radical (unpaired) electrons. The molecular formula is C23H18N6O. The largest absolute Gasteiger partial charge is 0.340 e. The van der Waals surface area contributed by atoms with Gasteiger partial charge in [-0.2, -0.15) is 5.10 Å². The number of carbonyl (C=O) groups excluding carboxylic acids is 1. The van der Waals surface area contributed by atoms with Crippen molar-refractivity contribution in [1.29, 1.82) is 0 Å². The highest BCUT2D eigenvalue weighted by atomic mass is 16.2. The normalized spacial score (nSPS) is 12.0. The first-order chi connectivity index (χ1) is 14.8. The lowest BCUT2D eigenvalue weighted by Crippen LogP contribution is -2.30. The van der Waals surface area contributed by atoms with Crippen molar-refractivity contribution in [2.24, 2.45) is 0 Å². The second-order valence-corrected chi connectivity index (χ2v) is 6.84. The molecule has 7 nitrogen and oxygen atoms in total. The van der Waals surface area contributed by atoms with E-state index in [9.17, 15) is 4.79 Å². The average Bonchev–Trinajstić information content (AvgIpc) is 3.46. The van der Waals surface area contributed by atoms with Crippen molar-refractivity contribution in [2.45, 2.75) is 6.04 Å². The fraction of sp³-hybridized carbons (Fsp3) is 0.0435. The number of amides is 1. The molecule has 0 aliphatic rings. The van der Waals surface area contributed by atoms with Crippen molar-refractivity contribution in [3.8, 4) is 11.4 Å². The zero-order valence-corrected chi connectivity index (χ0v) is 15.9. The van der Waals surface area contributed by atoms with Crippen molar-refractivity contribution >= 4 is 16.9 Å². The predicted molar refractivity (Wildman–Crippen MR) is 114 cm³/mol. The van der Waals surface area contributed by atoms with Gasteiger partial charge in [0.2, 0.25) is 0 Å². The lowest BCUT2D eigenvalue weighted by atomic mass is 10.1. The highest BCUT2D eigenvalue weighted by Gasteiger charge is 2.22. The summed E-state index contributed by atoms with van der Waals surface area (Å²) in [5, 5.41) is 10.1. The lowest BCUT2D eigenvalue weighted by Gasteiger charge is -2.16. The number of benzene rings is 2. The molecule has 1 atom stereocenters. The van der Waals surface area contributed by atoms with Crippen LogP contribution in [0, 0.1) is 0 Å². The number of pyridine rings is 1. The topological polar surface area (TPSA) is 99.3 Å². The first-order valence-electron chi connectivity index (χ1n) is 9.55. The number of hydrogen-bond donors (Lipinski definition) is 3. The molecule has 5 aromatic rings. The van der Waals surface area contributed by atoms with Gasteiger partial charge in [0.05, 0.1) is 16.7 Å². The van der Waals surface area contributed by atoms with Crippen LogP contribution in [0.5, 0.6) is 0 Å². The van der Waals surface area contributed by atoms with Gasteiger partial charge in [-0.15, -0.1) is 0 Å². The highest BCUT2D eigenvalue weighted by molar-refractivity contribution is 5.93. The van der Waals surface area contributed by atoms with E-state index in [4.69, 9.17) is 0 Å². The minimum Gasteiger partial charge on any atom is -0.340 e. The van der Waals surface area contributed by atoms with E-state index in [-0.39, 0.29) is 5.91 Å². The summed E-state index contributed by atoms with van der Waals surface area (Å²) in [5.41, 5.74) is 4.36. The molecule has 1 amide bonds. The van der Waals surface area contributed by atoms with Crippen molar-refractivity contribution in [3.63, 3.8) is 0 Å². The molecule has 0 spiro atoms. The highest BCUT2D eigenvalue weighted by Crippen LogP contribution is 2.23. The number of aromatic nitrogens is 5. The van der Waals surface area contributed by atoms with E-state index in [1.165, 1.54) is 0 Å². The number of para-hydroxylation sites is 2. The molecule has 7 heteroatoms. The molecule has 3 N–H and O–H groups in total. The van der Waals surface area contributed by atoms with Crippen LogP contribution < -0.4 is 5.32 Å². The minimum absolute atomic E-state index is 0.279. The maximum absolute atomic E-state index is 13.0. The minimum atomic E-state index is -0.437. The van der Waals surface area contributed by atoms with Crippen molar-refractivity contribution < 1.29 is 4.79 Å². The van der Waals surface area contributed by atoms with Crippen LogP contribution in [0.15, 0.2) is 85.1 Å². The summed E-state index contributed by atoms with van der Waals surface area (Å²) in [7, 11) is 0. The van der Waals surface area contributed by atoms with Crippen LogP contribution in [0.25, 0.3) is 22.4 Å². The van der Waals surface area contributed by atoms with Gasteiger partial charge < -0.3 is 10.3 Å². The van der Waals surface area contributed by atoms with E-state index in [0.717, 1.165) is 16.6 Å². The van der Waals surface area contributed by atoms with Gasteiger partial charge in [0.15, 0.2) is 0 Å². The van der Waals surface area contributed by atoms with Crippen LogP contribution in [-0.2, 0) is 0 Å². The molecule has 0 saturated heterocycles. The summed E-state index contributed by atoms with van der Waals surface area (Å²) in [6, 6.07) is 24.3. The number of nitrogens with one attached hydrogen (secondary N) is 3. The summed E-state index contributed by atoms with van der Waals surface area (Å²) in [5.74, 6) is 0.388. The van der Waals surface area contributed by atoms with E-state index >= 15 is 0 Å². The quantitative estimate of drug-likeness (QED) is 0.421. The number of hydrogen-bond acceptors (Lipinski definition) is 4. The Morgan fingerprint density at radius 1 is 0.900 bits per heavy atom. The molecule has 3 heterocycles. The number of H-pyrrole nitrogens is 2. The van der Waals surface area contributed by atoms with Gasteiger partial charge in [-0.1, -0.05) is 48.5 Å². The Morgan fingerprint density at radius 2 is 1.70 bits per heavy atom. The smallest absolute Gasteiger partial charge is 0.270 e. The molecule has 0 bridgehead atoms. The van der Waals surface area contributed by atoms with Crippen molar-refractivity contribution in [3.05, 3.63) is 102 Å². The standard InChI is InChI=1S/C23H18N6O/c30-23(20-14-19(28-29-20)16-10-6-7-13-24-16)27-21(15-8-2-1-3-9-15)22-25-17-11-4-5-12-18(17)26-22/h1-14,21H,(H,25,26)(H,27,30)(H,28,29)/t21-/m0/s1. The fourth-order valence-corrected chi connectivity index (χ4v) is 3.36. The predicted octanol–water partition coefficient (Wildman–Crippen LogP) is 3.87. The third-order valence-electron chi connectivity index (χ3n) is 4.84. The van der Waals surface area contributed by atoms with Crippen LogP contribution >= 0.6 is 0 Å². The summed E-state index contributed by atoms with van der Waals surface area (Å²) in [4.78, 5) is 25.3.